The summed E-state index contributed by atoms with van der Waals surface area (Å²) in [6.45, 7) is 9.74. The molecule has 0 aliphatic heterocycles. The van der Waals surface area contributed by atoms with E-state index in [1.807, 2.05) is 58.0 Å². The topological polar surface area (TPSA) is 89.4 Å². The van der Waals surface area contributed by atoms with E-state index in [4.69, 9.17) is 4.74 Å². The van der Waals surface area contributed by atoms with E-state index in [0.717, 1.165) is 42.5 Å². The smallest absolute Gasteiger partial charge is 0.408 e. The average Bonchev–Trinajstić information content (AvgIpc) is 2.76. The normalized spacial score (nSPS) is 19.2. The lowest BCUT2D eigenvalue weighted by Gasteiger charge is -2.32. The SMILES string of the molecule is Cc1c(-c2ccc(NC(=O)C(OC(=O)NC(C)(C)C)C3CCC(C)CC3)cc2)ccc(=O)n1C. The van der Waals surface area contributed by atoms with Gasteiger partial charge >= 0.3 is 6.09 Å². The van der Waals surface area contributed by atoms with Gasteiger partial charge in [0.2, 0.25) is 5.56 Å². The fraction of sp³-hybridized carbons (Fsp3) is 0.519. The van der Waals surface area contributed by atoms with Gasteiger partial charge in [0.15, 0.2) is 6.10 Å². The van der Waals surface area contributed by atoms with Crippen molar-refractivity contribution in [3.8, 4) is 11.1 Å². The van der Waals surface area contributed by atoms with Crippen LogP contribution in [0.25, 0.3) is 11.1 Å². The number of carbonyl (C=O) groups excluding carboxylic acids is 2. The summed E-state index contributed by atoms with van der Waals surface area (Å²) in [5.74, 6) is 0.306. The van der Waals surface area contributed by atoms with Gasteiger partial charge < -0.3 is 19.9 Å². The lowest BCUT2D eigenvalue weighted by Crippen LogP contribution is -2.46. The van der Waals surface area contributed by atoms with E-state index >= 15 is 0 Å². The van der Waals surface area contributed by atoms with E-state index in [2.05, 4.69) is 17.6 Å². The van der Waals surface area contributed by atoms with Crippen molar-refractivity contribution in [1.82, 2.24) is 9.88 Å². The predicted molar refractivity (Wildman–Crippen MR) is 135 cm³/mol. The summed E-state index contributed by atoms with van der Waals surface area (Å²) in [6.07, 6.45) is 2.32. The number of rotatable bonds is 5. The summed E-state index contributed by atoms with van der Waals surface area (Å²) in [5, 5.41) is 5.72. The molecule has 2 aromatic rings. The summed E-state index contributed by atoms with van der Waals surface area (Å²) in [4.78, 5) is 37.6. The molecule has 7 nitrogen and oxygen atoms in total. The number of pyridine rings is 1. The van der Waals surface area contributed by atoms with Crippen LogP contribution >= 0.6 is 0 Å². The van der Waals surface area contributed by atoms with Crippen molar-refractivity contribution in [1.29, 1.82) is 0 Å². The van der Waals surface area contributed by atoms with Crippen molar-refractivity contribution in [2.75, 3.05) is 5.32 Å². The van der Waals surface area contributed by atoms with Crippen molar-refractivity contribution in [3.05, 3.63) is 52.4 Å². The maximum absolute atomic E-state index is 13.2. The third-order valence-corrected chi connectivity index (χ3v) is 6.54. The zero-order valence-corrected chi connectivity index (χ0v) is 21.1. The Labute approximate surface area is 201 Å². The first-order valence-electron chi connectivity index (χ1n) is 12.0. The van der Waals surface area contributed by atoms with Crippen molar-refractivity contribution in [3.63, 3.8) is 0 Å². The molecule has 1 unspecified atom stereocenters. The highest BCUT2D eigenvalue weighted by molar-refractivity contribution is 5.95. The number of hydrogen-bond donors (Lipinski definition) is 2. The van der Waals surface area contributed by atoms with Gasteiger partial charge in [0.1, 0.15) is 0 Å². The number of amides is 2. The molecule has 1 fully saturated rings. The number of hydrogen-bond acceptors (Lipinski definition) is 4. The molecule has 2 amide bonds. The van der Waals surface area contributed by atoms with Crippen LogP contribution in [-0.2, 0) is 16.6 Å². The summed E-state index contributed by atoms with van der Waals surface area (Å²) in [5.41, 5.74) is 2.90. The van der Waals surface area contributed by atoms with Crippen molar-refractivity contribution >= 4 is 17.7 Å². The molecular weight excluding hydrogens is 430 g/mol. The molecule has 1 aliphatic carbocycles. The maximum atomic E-state index is 13.2. The van der Waals surface area contributed by atoms with Crippen molar-refractivity contribution in [2.45, 2.75) is 71.9 Å². The second-order valence-corrected chi connectivity index (χ2v) is 10.5. The van der Waals surface area contributed by atoms with E-state index < -0.39 is 17.7 Å². The van der Waals surface area contributed by atoms with Crippen LogP contribution < -0.4 is 16.2 Å². The number of nitrogens with one attached hydrogen (secondary N) is 2. The molecule has 1 aliphatic rings. The molecule has 2 N–H and O–H groups in total. The standard InChI is InChI=1S/C27H37N3O4/c1-17-7-9-20(10-8-17)24(34-26(33)29-27(3,4)5)25(32)28-21-13-11-19(12-14-21)22-15-16-23(31)30(6)18(22)2/h11-17,20,24H,7-10H2,1-6H3,(H,28,32)(H,29,33). The molecule has 0 radical (unpaired) electrons. The quantitative estimate of drug-likeness (QED) is 0.646. The summed E-state index contributed by atoms with van der Waals surface area (Å²) < 4.78 is 7.29. The van der Waals surface area contributed by atoms with Crippen LogP contribution in [-0.4, -0.2) is 28.2 Å². The Balaban J connectivity index is 1.75. The van der Waals surface area contributed by atoms with Gasteiger partial charge in [0.05, 0.1) is 0 Å². The van der Waals surface area contributed by atoms with E-state index in [9.17, 15) is 14.4 Å². The number of nitrogens with zero attached hydrogens (tertiary/aromatic N) is 1. The average molecular weight is 468 g/mol. The third-order valence-electron chi connectivity index (χ3n) is 6.54. The van der Waals surface area contributed by atoms with Gasteiger partial charge in [0.25, 0.3) is 5.91 Å². The van der Waals surface area contributed by atoms with Crippen molar-refractivity contribution in [2.24, 2.45) is 18.9 Å². The zero-order chi connectivity index (χ0) is 25.0. The Morgan fingerprint density at radius 1 is 1.03 bits per heavy atom. The van der Waals surface area contributed by atoms with Crippen LogP contribution in [0.15, 0.2) is 41.2 Å². The van der Waals surface area contributed by atoms with Crippen LogP contribution in [0.1, 0.15) is 59.1 Å². The zero-order valence-electron chi connectivity index (χ0n) is 21.1. The van der Waals surface area contributed by atoms with Gasteiger partial charge in [-0.05, 0) is 70.2 Å². The molecule has 1 heterocycles. The maximum Gasteiger partial charge on any atom is 0.408 e. The van der Waals surface area contributed by atoms with Gasteiger partial charge in [-0.2, -0.15) is 0 Å². The number of carbonyl (C=O) groups is 2. The van der Waals surface area contributed by atoms with Gasteiger partial charge in [-0.25, -0.2) is 4.79 Å². The van der Waals surface area contributed by atoms with E-state index in [1.54, 1.807) is 17.7 Å². The van der Waals surface area contributed by atoms with E-state index in [-0.39, 0.29) is 17.4 Å². The highest BCUT2D eigenvalue weighted by Gasteiger charge is 2.35. The van der Waals surface area contributed by atoms with E-state index in [1.165, 1.54) is 0 Å². The largest absolute Gasteiger partial charge is 0.436 e. The van der Waals surface area contributed by atoms with Crippen LogP contribution in [0, 0.1) is 18.8 Å². The molecule has 7 heteroatoms. The summed E-state index contributed by atoms with van der Waals surface area (Å²) >= 11 is 0. The first-order chi connectivity index (χ1) is 15.9. The van der Waals surface area contributed by atoms with Gasteiger partial charge in [-0.3, -0.25) is 9.59 Å². The monoisotopic (exact) mass is 467 g/mol. The molecule has 0 saturated heterocycles. The molecule has 1 aromatic heterocycles. The number of benzene rings is 1. The van der Waals surface area contributed by atoms with Gasteiger partial charge in [-0.15, -0.1) is 0 Å². The van der Waals surface area contributed by atoms with E-state index in [0.29, 0.717) is 11.6 Å². The molecular formula is C27H37N3O4. The molecule has 0 bridgehead atoms. The first kappa shape index (κ1) is 25.5. The Morgan fingerprint density at radius 2 is 1.65 bits per heavy atom. The van der Waals surface area contributed by atoms with Crippen LogP contribution in [0.5, 0.6) is 0 Å². The van der Waals surface area contributed by atoms with Crippen molar-refractivity contribution < 1.29 is 14.3 Å². The molecule has 1 saturated carbocycles. The second kappa shape index (κ2) is 10.5. The third kappa shape index (κ3) is 6.49. The predicted octanol–water partition coefficient (Wildman–Crippen LogP) is 5.02. The Morgan fingerprint density at radius 3 is 2.24 bits per heavy atom. The molecule has 3 rings (SSSR count). The number of alkyl carbamates (subject to hydrolysis) is 1. The molecule has 1 aromatic carbocycles. The highest BCUT2D eigenvalue weighted by Crippen LogP contribution is 2.32. The fourth-order valence-electron chi connectivity index (χ4n) is 4.39. The molecule has 34 heavy (non-hydrogen) atoms. The molecule has 1 atom stereocenters. The lowest BCUT2D eigenvalue weighted by molar-refractivity contribution is -0.127. The van der Waals surface area contributed by atoms with Crippen LogP contribution in [0.2, 0.25) is 0 Å². The Kier molecular flexibility index (Phi) is 7.85. The minimum absolute atomic E-state index is 0.00514. The first-order valence-corrected chi connectivity index (χ1v) is 12.0. The second-order valence-electron chi connectivity index (χ2n) is 10.5. The highest BCUT2D eigenvalue weighted by atomic mass is 16.6. The number of aromatic nitrogens is 1. The minimum atomic E-state index is -0.847. The molecule has 0 spiro atoms. The summed E-state index contributed by atoms with van der Waals surface area (Å²) in [7, 11) is 1.75. The minimum Gasteiger partial charge on any atom is -0.436 e. The fourth-order valence-corrected chi connectivity index (χ4v) is 4.39. The molecule has 184 valence electrons. The number of anilines is 1. The van der Waals surface area contributed by atoms with Crippen LogP contribution in [0.4, 0.5) is 10.5 Å². The summed E-state index contributed by atoms with van der Waals surface area (Å²) in [6, 6.07) is 10.8. The Hall–Kier alpha value is -3.09. The number of ether oxygens (including phenoxy) is 1. The lowest BCUT2D eigenvalue weighted by atomic mass is 9.80. The van der Waals surface area contributed by atoms with Crippen LogP contribution in [0.3, 0.4) is 0 Å². The van der Waals surface area contributed by atoms with Gasteiger partial charge in [-0.1, -0.05) is 31.9 Å². The Bertz CT molecular complexity index is 1070. The van der Waals surface area contributed by atoms with Gasteiger partial charge in [0, 0.05) is 41.5 Å².